The van der Waals surface area contributed by atoms with Crippen molar-refractivity contribution >= 4 is 0 Å². The van der Waals surface area contributed by atoms with Gasteiger partial charge < -0.3 is 4.74 Å². The van der Waals surface area contributed by atoms with E-state index in [4.69, 9.17) is 4.74 Å². The van der Waals surface area contributed by atoms with Gasteiger partial charge in [-0.05, 0) is 49.9 Å². The molecule has 0 radical (unpaired) electrons. The lowest BCUT2D eigenvalue weighted by molar-refractivity contribution is 0.415. The maximum absolute atomic E-state index is 14.2. The number of ether oxygens (including phenoxy) is 1. The molecular weight excluding hydrogens is 294 g/mol. The molecule has 0 atom stereocenters. The molecule has 1 nitrogen and oxygen atoms in total. The average molecular weight is 314 g/mol. The Labute approximate surface area is 135 Å². The van der Waals surface area contributed by atoms with Crippen LogP contribution >= 0.6 is 0 Å². The number of rotatable bonds is 6. The Morgan fingerprint density at radius 2 is 1.65 bits per heavy atom. The molecule has 2 rings (SSSR count). The highest BCUT2D eigenvalue weighted by Gasteiger charge is 2.15. The first-order valence-corrected chi connectivity index (χ1v) is 7.63. The second kappa shape index (κ2) is 8.28. The minimum Gasteiger partial charge on any atom is -0.462 e. The second-order valence-corrected chi connectivity index (χ2v) is 5.13. The fraction of sp³-hybridized carbons (Fsp3) is 0.200. The van der Waals surface area contributed by atoms with Crippen molar-refractivity contribution < 1.29 is 13.5 Å². The van der Waals surface area contributed by atoms with Crippen molar-refractivity contribution in [3.63, 3.8) is 0 Å². The molecule has 2 aromatic carbocycles. The number of hydrogen-bond donors (Lipinski definition) is 0. The largest absolute Gasteiger partial charge is 0.462 e. The summed E-state index contributed by atoms with van der Waals surface area (Å²) in [6.45, 7) is 3.73. The summed E-state index contributed by atoms with van der Waals surface area (Å²) in [4.78, 5) is 0. The maximum Gasteiger partial charge on any atom is 0.201 e. The van der Waals surface area contributed by atoms with Gasteiger partial charge in [-0.3, -0.25) is 0 Å². The van der Waals surface area contributed by atoms with Gasteiger partial charge in [-0.25, -0.2) is 4.39 Å². The van der Waals surface area contributed by atoms with Gasteiger partial charge >= 0.3 is 0 Å². The van der Waals surface area contributed by atoms with Crippen molar-refractivity contribution in [1.82, 2.24) is 0 Å². The summed E-state index contributed by atoms with van der Waals surface area (Å²) in [7, 11) is 0. The van der Waals surface area contributed by atoms with Crippen LogP contribution in [0.25, 0.3) is 11.1 Å². The first kappa shape index (κ1) is 16.9. The van der Waals surface area contributed by atoms with E-state index in [0.717, 1.165) is 12.8 Å². The molecular formula is C20H20F2O. The van der Waals surface area contributed by atoms with Crippen LogP contribution < -0.4 is 4.74 Å². The van der Waals surface area contributed by atoms with Crippen molar-refractivity contribution in [2.45, 2.75) is 26.7 Å². The number of benzene rings is 2. The van der Waals surface area contributed by atoms with Gasteiger partial charge in [0.25, 0.3) is 0 Å². The molecule has 0 bridgehead atoms. The lowest BCUT2D eigenvalue weighted by Gasteiger charge is -2.09. The van der Waals surface area contributed by atoms with E-state index < -0.39 is 11.6 Å². The van der Waals surface area contributed by atoms with Gasteiger partial charge in [-0.2, -0.15) is 4.39 Å². The van der Waals surface area contributed by atoms with Gasteiger partial charge in [0.15, 0.2) is 11.6 Å². The Morgan fingerprint density at radius 1 is 0.913 bits per heavy atom. The van der Waals surface area contributed by atoms with Gasteiger partial charge in [-0.15, -0.1) is 0 Å². The standard InChI is InChI=1S/C20H20F2O/c1-3-5-6-7-15-8-10-16(11-9-15)17-12-13-18(23-14-4-2)20(22)19(17)21/h3-5,8-14H,6-7H2,1-2H3/b5-3+,14-4+. The number of allylic oxidation sites excluding steroid dienone is 3. The zero-order valence-electron chi connectivity index (χ0n) is 13.4. The lowest BCUT2D eigenvalue weighted by atomic mass is 10.0. The molecule has 120 valence electrons. The summed E-state index contributed by atoms with van der Waals surface area (Å²) in [5.41, 5.74) is 2.05. The topological polar surface area (TPSA) is 9.23 Å². The molecule has 0 heterocycles. The third-order valence-electron chi connectivity index (χ3n) is 3.48. The van der Waals surface area contributed by atoms with Crippen LogP contribution in [0, 0.1) is 11.6 Å². The zero-order valence-corrected chi connectivity index (χ0v) is 13.4. The van der Waals surface area contributed by atoms with E-state index in [-0.39, 0.29) is 11.3 Å². The van der Waals surface area contributed by atoms with E-state index in [1.807, 2.05) is 37.3 Å². The molecule has 3 heteroatoms. The normalized spacial score (nSPS) is 11.5. The molecule has 0 fully saturated rings. The van der Waals surface area contributed by atoms with Crippen molar-refractivity contribution in [3.8, 4) is 16.9 Å². The summed E-state index contributed by atoms with van der Waals surface area (Å²) in [6.07, 6.45) is 8.94. The van der Waals surface area contributed by atoms with Crippen LogP contribution in [0.1, 0.15) is 25.8 Å². The van der Waals surface area contributed by atoms with Crippen LogP contribution in [0.15, 0.2) is 60.9 Å². The van der Waals surface area contributed by atoms with E-state index in [0.29, 0.717) is 5.56 Å². The number of hydrogen-bond acceptors (Lipinski definition) is 1. The van der Waals surface area contributed by atoms with Crippen LogP contribution in [-0.4, -0.2) is 0 Å². The minimum atomic E-state index is -0.974. The van der Waals surface area contributed by atoms with E-state index in [2.05, 4.69) is 6.08 Å². The van der Waals surface area contributed by atoms with E-state index >= 15 is 0 Å². The fourth-order valence-electron chi connectivity index (χ4n) is 2.25. The van der Waals surface area contributed by atoms with E-state index in [1.54, 1.807) is 13.0 Å². The molecule has 0 aliphatic carbocycles. The minimum absolute atomic E-state index is 0.118. The van der Waals surface area contributed by atoms with Crippen molar-refractivity contribution in [2.24, 2.45) is 0 Å². The van der Waals surface area contributed by atoms with Gasteiger partial charge in [0.2, 0.25) is 5.82 Å². The summed E-state index contributed by atoms with van der Waals surface area (Å²) < 4.78 is 33.3. The predicted molar refractivity (Wildman–Crippen MR) is 90.4 cm³/mol. The summed E-state index contributed by atoms with van der Waals surface area (Å²) in [5.74, 6) is -1.99. The van der Waals surface area contributed by atoms with Crippen LogP contribution in [0.5, 0.6) is 5.75 Å². The van der Waals surface area contributed by atoms with Crippen LogP contribution in [0.4, 0.5) is 8.78 Å². The number of aryl methyl sites for hydroxylation is 1. The molecule has 0 spiro atoms. The van der Waals surface area contributed by atoms with Crippen LogP contribution in [0.2, 0.25) is 0 Å². The molecule has 23 heavy (non-hydrogen) atoms. The van der Waals surface area contributed by atoms with Crippen molar-refractivity contribution in [3.05, 3.63) is 78.1 Å². The quantitative estimate of drug-likeness (QED) is 0.465. The molecule has 0 amide bonds. The lowest BCUT2D eigenvalue weighted by Crippen LogP contribution is -1.95. The number of halogens is 2. The van der Waals surface area contributed by atoms with Crippen molar-refractivity contribution in [1.29, 1.82) is 0 Å². The molecule has 2 aromatic rings. The molecule has 0 aliphatic heterocycles. The zero-order chi connectivity index (χ0) is 16.7. The SMILES string of the molecule is C/C=C/CCc1ccc(-c2ccc(O/C=C/C)c(F)c2F)cc1. The Kier molecular flexibility index (Phi) is 6.10. The van der Waals surface area contributed by atoms with E-state index in [1.165, 1.54) is 24.0 Å². The van der Waals surface area contributed by atoms with Gasteiger partial charge in [0.05, 0.1) is 6.26 Å². The average Bonchev–Trinajstić information content (AvgIpc) is 2.57. The van der Waals surface area contributed by atoms with Gasteiger partial charge in [0.1, 0.15) is 0 Å². The fourth-order valence-corrected chi connectivity index (χ4v) is 2.25. The smallest absolute Gasteiger partial charge is 0.201 e. The van der Waals surface area contributed by atoms with Crippen LogP contribution in [-0.2, 0) is 6.42 Å². The molecule has 0 saturated heterocycles. The van der Waals surface area contributed by atoms with E-state index in [9.17, 15) is 8.78 Å². The molecule has 0 aromatic heterocycles. The summed E-state index contributed by atoms with van der Waals surface area (Å²) in [6, 6.07) is 10.5. The highest BCUT2D eigenvalue weighted by Crippen LogP contribution is 2.30. The second-order valence-electron chi connectivity index (χ2n) is 5.13. The van der Waals surface area contributed by atoms with Crippen molar-refractivity contribution in [2.75, 3.05) is 0 Å². The Hall–Kier alpha value is -2.42. The predicted octanol–water partition coefficient (Wildman–Crippen LogP) is 6.05. The third kappa shape index (κ3) is 4.28. The summed E-state index contributed by atoms with van der Waals surface area (Å²) in [5, 5.41) is 0. The first-order chi connectivity index (χ1) is 11.2. The van der Waals surface area contributed by atoms with Gasteiger partial charge in [-0.1, -0.05) is 42.5 Å². The first-order valence-electron chi connectivity index (χ1n) is 7.63. The van der Waals surface area contributed by atoms with Gasteiger partial charge in [0, 0.05) is 5.56 Å². The molecule has 0 N–H and O–H groups in total. The Bertz CT molecular complexity index is 700. The Balaban J connectivity index is 2.23. The molecule has 0 saturated carbocycles. The monoisotopic (exact) mass is 314 g/mol. The maximum atomic E-state index is 14.2. The molecule has 0 unspecified atom stereocenters. The Morgan fingerprint density at radius 3 is 2.30 bits per heavy atom. The summed E-state index contributed by atoms with van der Waals surface area (Å²) >= 11 is 0. The van der Waals surface area contributed by atoms with Crippen LogP contribution in [0.3, 0.4) is 0 Å². The highest BCUT2D eigenvalue weighted by atomic mass is 19.2. The molecule has 0 aliphatic rings. The third-order valence-corrected chi connectivity index (χ3v) is 3.48. The highest BCUT2D eigenvalue weighted by molar-refractivity contribution is 5.65.